The van der Waals surface area contributed by atoms with Gasteiger partial charge in [0.25, 0.3) is 0 Å². The van der Waals surface area contributed by atoms with Gasteiger partial charge in [0, 0.05) is 12.6 Å². The molecule has 96 valence electrons. The predicted molar refractivity (Wildman–Crippen MR) is 62.3 cm³/mol. The summed E-state index contributed by atoms with van der Waals surface area (Å²) in [5, 5.41) is 8.70. The Bertz CT molecular complexity index is 333. The number of carboxylic acid groups (broad SMARTS) is 1. The molecule has 0 heterocycles. The van der Waals surface area contributed by atoms with Crippen molar-refractivity contribution in [1.82, 2.24) is 4.90 Å². The van der Waals surface area contributed by atoms with E-state index in [0.29, 0.717) is 6.54 Å². The van der Waals surface area contributed by atoms with Crippen molar-refractivity contribution in [2.45, 2.75) is 50.6 Å². The molecule has 17 heavy (non-hydrogen) atoms. The molecule has 2 aliphatic carbocycles. The highest BCUT2D eigenvalue weighted by Crippen LogP contribution is 2.40. The predicted octanol–water partition coefficient (Wildman–Crippen LogP) is 0.579. The van der Waals surface area contributed by atoms with Gasteiger partial charge < -0.3 is 15.7 Å². The number of rotatable bonds is 6. The van der Waals surface area contributed by atoms with Crippen LogP contribution in [0.5, 0.6) is 0 Å². The van der Waals surface area contributed by atoms with Crippen molar-refractivity contribution in [3.63, 3.8) is 0 Å². The average molecular weight is 240 g/mol. The minimum Gasteiger partial charge on any atom is -0.481 e. The molecule has 2 fully saturated rings. The third kappa shape index (κ3) is 2.77. The molecule has 0 aromatic heterocycles. The van der Waals surface area contributed by atoms with E-state index in [4.69, 9.17) is 10.8 Å². The zero-order valence-electron chi connectivity index (χ0n) is 10.2. The summed E-state index contributed by atoms with van der Waals surface area (Å²) < 4.78 is 0. The lowest BCUT2D eigenvalue weighted by Crippen LogP contribution is -2.55. The SMILES string of the molecule is CC(N)(C(=O)N(CCC(=O)O)C1CC1)C1CC1. The molecule has 0 spiro atoms. The van der Waals surface area contributed by atoms with Gasteiger partial charge >= 0.3 is 5.97 Å². The summed E-state index contributed by atoms with van der Waals surface area (Å²) in [5.74, 6) is -0.654. The number of hydrogen-bond donors (Lipinski definition) is 2. The molecule has 0 aliphatic heterocycles. The fourth-order valence-corrected chi connectivity index (χ4v) is 2.22. The maximum atomic E-state index is 12.3. The number of amides is 1. The van der Waals surface area contributed by atoms with Gasteiger partial charge in [-0.2, -0.15) is 0 Å². The van der Waals surface area contributed by atoms with Gasteiger partial charge in [0.05, 0.1) is 12.0 Å². The van der Waals surface area contributed by atoms with E-state index in [1.54, 1.807) is 11.8 Å². The molecule has 3 N–H and O–H groups in total. The molecule has 2 aliphatic rings. The quantitative estimate of drug-likeness (QED) is 0.711. The molecule has 1 atom stereocenters. The number of carbonyl (C=O) groups is 2. The highest BCUT2D eigenvalue weighted by Gasteiger charge is 2.48. The number of aliphatic carboxylic acids is 1. The van der Waals surface area contributed by atoms with Crippen molar-refractivity contribution in [2.24, 2.45) is 11.7 Å². The van der Waals surface area contributed by atoms with E-state index in [1.807, 2.05) is 0 Å². The number of carboxylic acids is 1. The van der Waals surface area contributed by atoms with Gasteiger partial charge in [-0.15, -0.1) is 0 Å². The van der Waals surface area contributed by atoms with Crippen LogP contribution in [0.4, 0.5) is 0 Å². The van der Waals surface area contributed by atoms with Crippen LogP contribution in [-0.4, -0.2) is 40.0 Å². The summed E-state index contributed by atoms with van der Waals surface area (Å²) >= 11 is 0. The average Bonchev–Trinajstić information content (AvgIpc) is 3.08. The van der Waals surface area contributed by atoms with Crippen LogP contribution in [0.2, 0.25) is 0 Å². The Kier molecular flexibility index (Phi) is 3.12. The second-order valence-corrected chi connectivity index (χ2v) is 5.43. The first-order valence-corrected chi connectivity index (χ1v) is 6.24. The Morgan fingerprint density at radius 2 is 1.94 bits per heavy atom. The first kappa shape index (κ1) is 12.4. The zero-order valence-corrected chi connectivity index (χ0v) is 10.2. The standard InChI is InChI=1S/C12H20N2O3/c1-12(13,8-2-3-8)11(17)14(9-4-5-9)7-6-10(15)16/h8-9H,2-7,13H2,1H3,(H,15,16). The Morgan fingerprint density at radius 1 is 1.35 bits per heavy atom. The van der Waals surface area contributed by atoms with Crippen LogP contribution in [0.3, 0.4) is 0 Å². The van der Waals surface area contributed by atoms with E-state index in [1.165, 1.54) is 0 Å². The summed E-state index contributed by atoms with van der Waals surface area (Å²) in [7, 11) is 0. The first-order valence-electron chi connectivity index (χ1n) is 6.24. The van der Waals surface area contributed by atoms with Crippen LogP contribution in [0.15, 0.2) is 0 Å². The number of nitrogens with two attached hydrogens (primary N) is 1. The van der Waals surface area contributed by atoms with Crippen molar-refractivity contribution >= 4 is 11.9 Å². The Hall–Kier alpha value is -1.10. The first-order chi connectivity index (χ1) is 7.93. The minimum atomic E-state index is -0.867. The molecule has 0 aromatic rings. The fraction of sp³-hybridized carbons (Fsp3) is 0.833. The monoisotopic (exact) mass is 240 g/mol. The molecule has 0 bridgehead atoms. The van der Waals surface area contributed by atoms with Crippen LogP contribution < -0.4 is 5.73 Å². The van der Waals surface area contributed by atoms with Gasteiger partial charge in [-0.25, -0.2) is 0 Å². The molecule has 1 amide bonds. The largest absolute Gasteiger partial charge is 0.481 e. The lowest BCUT2D eigenvalue weighted by atomic mass is 9.95. The summed E-state index contributed by atoms with van der Waals surface area (Å²) in [6, 6.07) is 0.225. The molecule has 5 nitrogen and oxygen atoms in total. The van der Waals surface area contributed by atoms with E-state index < -0.39 is 11.5 Å². The van der Waals surface area contributed by atoms with Gasteiger partial charge in [-0.05, 0) is 38.5 Å². The smallest absolute Gasteiger partial charge is 0.305 e. The van der Waals surface area contributed by atoms with Crippen LogP contribution >= 0.6 is 0 Å². The molecule has 2 saturated carbocycles. The number of nitrogens with zero attached hydrogens (tertiary/aromatic N) is 1. The van der Waals surface area contributed by atoms with Gasteiger partial charge in [0.2, 0.25) is 5.91 Å². The van der Waals surface area contributed by atoms with Crippen molar-refractivity contribution in [3.8, 4) is 0 Å². The molecule has 2 rings (SSSR count). The lowest BCUT2D eigenvalue weighted by molar-refractivity contribution is -0.141. The van der Waals surface area contributed by atoms with Crippen LogP contribution in [0, 0.1) is 5.92 Å². The van der Waals surface area contributed by atoms with Crippen molar-refractivity contribution in [1.29, 1.82) is 0 Å². The molecule has 1 unspecified atom stereocenters. The molecule has 0 saturated heterocycles. The highest BCUT2D eigenvalue weighted by atomic mass is 16.4. The highest BCUT2D eigenvalue weighted by molar-refractivity contribution is 5.87. The molecule has 5 heteroatoms. The Balaban J connectivity index is 1.99. The van der Waals surface area contributed by atoms with Crippen LogP contribution in [-0.2, 0) is 9.59 Å². The van der Waals surface area contributed by atoms with Crippen molar-refractivity contribution < 1.29 is 14.7 Å². The van der Waals surface area contributed by atoms with Gasteiger partial charge in [0.15, 0.2) is 0 Å². The molecule has 0 aromatic carbocycles. The molecular weight excluding hydrogens is 220 g/mol. The van der Waals surface area contributed by atoms with Crippen LogP contribution in [0.1, 0.15) is 39.0 Å². The second kappa shape index (κ2) is 4.29. The fourth-order valence-electron chi connectivity index (χ4n) is 2.22. The van der Waals surface area contributed by atoms with Gasteiger partial charge in [0.1, 0.15) is 0 Å². The van der Waals surface area contributed by atoms with E-state index >= 15 is 0 Å². The van der Waals surface area contributed by atoms with E-state index in [9.17, 15) is 9.59 Å². The lowest BCUT2D eigenvalue weighted by Gasteiger charge is -2.31. The summed E-state index contributed by atoms with van der Waals surface area (Å²) in [6.07, 6.45) is 3.98. The second-order valence-electron chi connectivity index (χ2n) is 5.43. The maximum absolute atomic E-state index is 12.3. The minimum absolute atomic E-state index is 0.00296. The maximum Gasteiger partial charge on any atom is 0.305 e. The topological polar surface area (TPSA) is 83.6 Å². The molecule has 0 radical (unpaired) electrons. The summed E-state index contributed by atoms with van der Waals surface area (Å²) in [5.41, 5.74) is 5.30. The van der Waals surface area contributed by atoms with Crippen molar-refractivity contribution in [3.05, 3.63) is 0 Å². The van der Waals surface area contributed by atoms with Crippen LogP contribution in [0.25, 0.3) is 0 Å². The zero-order chi connectivity index (χ0) is 12.6. The summed E-state index contributed by atoms with van der Waals surface area (Å²) in [6.45, 7) is 2.07. The van der Waals surface area contributed by atoms with Gasteiger partial charge in [-0.3, -0.25) is 9.59 Å². The Morgan fingerprint density at radius 3 is 2.35 bits per heavy atom. The van der Waals surface area contributed by atoms with Crippen molar-refractivity contribution in [2.75, 3.05) is 6.54 Å². The van der Waals surface area contributed by atoms with E-state index in [0.717, 1.165) is 25.7 Å². The molecular formula is C12H20N2O3. The van der Waals surface area contributed by atoms with Gasteiger partial charge in [-0.1, -0.05) is 0 Å². The third-order valence-electron chi connectivity index (χ3n) is 3.70. The van der Waals surface area contributed by atoms with E-state index in [-0.39, 0.29) is 24.3 Å². The third-order valence-corrected chi connectivity index (χ3v) is 3.70. The normalized spacial score (nSPS) is 22.9. The number of hydrogen-bond acceptors (Lipinski definition) is 3. The number of carbonyl (C=O) groups excluding carboxylic acids is 1. The summed E-state index contributed by atoms with van der Waals surface area (Å²) in [4.78, 5) is 24.6. The van der Waals surface area contributed by atoms with E-state index in [2.05, 4.69) is 0 Å². The Labute approximate surface area is 101 Å².